The number of aliphatic carboxylic acids is 1. The molecule has 1 aliphatic heterocycles. The minimum Gasteiger partial charge on any atom is -0.480 e. The fourth-order valence-electron chi connectivity index (χ4n) is 3.47. The molecule has 1 heterocycles. The molecule has 3 unspecified atom stereocenters. The molecule has 1 saturated heterocycles. The van der Waals surface area contributed by atoms with E-state index in [2.05, 4.69) is 18.7 Å². The Kier molecular flexibility index (Phi) is 3.48. The highest BCUT2D eigenvalue weighted by molar-refractivity contribution is 5.78. The summed E-state index contributed by atoms with van der Waals surface area (Å²) in [5.74, 6) is 0.705. The van der Waals surface area contributed by atoms with Crippen molar-refractivity contribution >= 4 is 5.97 Å². The van der Waals surface area contributed by atoms with Crippen LogP contribution in [0.2, 0.25) is 0 Å². The molecule has 2 bridgehead atoms. The molecule has 1 aliphatic carbocycles. The van der Waals surface area contributed by atoms with E-state index in [1.807, 2.05) is 6.92 Å². The number of carboxylic acids is 1. The van der Waals surface area contributed by atoms with Gasteiger partial charge < -0.3 is 5.11 Å². The molecule has 2 rings (SSSR count). The van der Waals surface area contributed by atoms with Crippen LogP contribution in [0.15, 0.2) is 0 Å². The van der Waals surface area contributed by atoms with Crippen LogP contribution in [0.4, 0.5) is 0 Å². The van der Waals surface area contributed by atoms with Gasteiger partial charge in [-0.1, -0.05) is 13.8 Å². The molecule has 3 heteroatoms. The SMILES string of the molecule is CC(C)CCC(C)(C(=O)O)N1CC2CCC1C2. The number of carboxylic acid groups (broad SMARTS) is 1. The van der Waals surface area contributed by atoms with Gasteiger partial charge in [0, 0.05) is 12.6 Å². The Hall–Kier alpha value is -0.570. The first-order valence-electron chi connectivity index (χ1n) is 6.93. The summed E-state index contributed by atoms with van der Waals surface area (Å²) >= 11 is 0. The molecule has 17 heavy (non-hydrogen) atoms. The number of nitrogens with zero attached hydrogens (tertiary/aromatic N) is 1. The van der Waals surface area contributed by atoms with Crippen LogP contribution in [0, 0.1) is 11.8 Å². The van der Waals surface area contributed by atoms with Crippen LogP contribution in [0.25, 0.3) is 0 Å². The molecule has 0 radical (unpaired) electrons. The van der Waals surface area contributed by atoms with E-state index in [1.54, 1.807) is 0 Å². The first-order valence-corrected chi connectivity index (χ1v) is 6.93. The summed E-state index contributed by atoms with van der Waals surface area (Å²) < 4.78 is 0. The van der Waals surface area contributed by atoms with Gasteiger partial charge in [0.1, 0.15) is 5.54 Å². The highest BCUT2D eigenvalue weighted by Crippen LogP contribution is 2.42. The van der Waals surface area contributed by atoms with Crippen LogP contribution < -0.4 is 0 Å². The predicted molar refractivity (Wildman–Crippen MR) is 67.9 cm³/mol. The summed E-state index contributed by atoms with van der Waals surface area (Å²) in [7, 11) is 0. The van der Waals surface area contributed by atoms with Gasteiger partial charge in [-0.15, -0.1) is 0 Å². The van der Waals surface area contributed by atoms with Gasteiger partial charge in [0.2, 0.25) is 0 Å². The second-order valence-electron chi connectivity index (χ2n) is 6.50. The van der Waals surface area contributed by atoms with E-state index >= 15 is 0 Å². The van der Waals surface area contributed by atoms with Crippen molar-refractivity contribution in [2.24, 2.45) is 11.8 Å². The lowest BCUT2D eigenvalue weighted by molar-refractivity contribution is -0.152. The maximum atomic E-state index is 11.7. The van der Waals surface area contributed by atoms with Gasteiger partial charge in [-0.3, -0.25) is 9.69 Å². The molecule has 2 aliphatic rings. The zero-order valence-electron chi connectivity index (χ0n) is 11.3. The lowest BCUT2D eigenvalue weighted by Gasteiger charge is -2.41. The summed E-state index contributed by atoms with van der Waals surface area (Å²) in [6.07, 6.45) is 5.51. The second kappa shape index (κ2) is 4.60. The third-order valence-electron chi connectivity index (χ3n) is 4.71. The van der Waals surface area contributed by atoms with Gasteiger partial charge in [-0.2, -0.15) is 0 Å². The second-order valence-corrected chi connectivity index (χ2v) is 6.50. The van der Waals surface area contributed by atoms with Crippen molar-refractivity contribution in [3.05, 3.63) is 0 Å². The Bertz CT molecular complexity index is 303. The van der Waals surface area contributed by atoms with E-state index in [0.29, 0.717) is 12.0 Å². The Morgan fingerprint density at radius 1 is 1.47 bits per heavy atom. The van der Waals surface area contributed by atoms with Crippen LogP contribution in [-0.2, 0) is 4.79 Å². The molecular formula is C14H25NO2. The molecule has 0 aromatic carbocycles. The standard InChI is InChI=1S/C14H25NO2/c1-10(2)6-7-14(3,13(16)17)15-9-11-4-5-12(15)8-11/h10-12H,4-9H2,1-3H3,(H,16,17). The Balaban J connectivity index is 2.08. The molecule has 0 aromatic heterocycles. The van der Waals surface area contributed by atoms with Crippen molar-refractivity contribution in [2.45, 2.75) is 64.5 Å². The number of fused-ring (bicyclic) bond motifs is 2. The third-order valence-corrected chi connectivity index (χ3v) is 4.71. The van der Waals surface area contributed by atoms with Crippen LogP contribution in [0.1, 0.15) is 52.9 Å². The smallest absolute Gasteiger partial charge is 0.323 e. The van der Waals surface area contributed by atoms with Gasteiger partial charge >= 0.3 is 5.97 Å². The molecule has 3 nitrogen and oxygen atoms in total. The summed E-state index contributed by atoms with van der Waals surface area (Å²) in [6, 6.07) is 0.535. The highest BCUT2D eigenvalue weighted by atomic mass is 16.4. The molecule has 2 fully saturated rings. The van der Waals surface area contributed by atoms with Crippen LogP contribution in [0.3, 0.4) is 0 Å². The normalized spacial score (nSPS) is 32.0. The quantitative estimate of drug-likeness (QED) is 0.802. The van der Waals surface area contributed by atoms with Crippen molar-refractivity contribution in [3.8, 4) is 0 Å². The largest absolute Gasteiger partial charge is 0.480 e. The van der Waals surface area contributed by atoms with E-state index in [1.165, 1.54) is 19.3 Å². The van der Waals surface area contributed by atoms with Crippen LogP contribution in [-0.4, -0.2) is 34.1 Å². The average Bonchev–Trinajstić information content (AvgIpc) is 2.87. The molecule has 3 atom stereocenters. The van der Waals surface area contributed by atoms with Crippen molar-refractivity contribution in [1.82, 2.24) is 4.90 Å². The van der Waals surface area contributed by atoms with Crippen LogP contribution in [0.5, 0.6) is 0 Å². The first kappa shape index (κ1) is 12.9. The maximum absolute atomic E-state index is 11.7. The Morgan fingerprint density at radius 3 is 2.59 bits per heavy atom. The topological polar surface area (TPSA) is 40.5 Å². The third kappa shape index (κ3) is 2.35. The minimum absolute atomic E-state index is 0.535. The molecule has 98 valence electrons. The van der Waals surface area contributed by atoms with E-state index in [-0.39, 0.29) is 0 Å². The van der Waals surface area contributed by atoms with Gasteiger partial charge in [0.25, 0.3) is 0 Å². The first-order chi connectivity index (χ1) is 7.93. The van der Waals surface area contributed by atoms with Gasteiger partial charge in [0.05, 0.1) is 0 Å². The van der Waals surface area contributed by atoms with Gasteiger partial charge in [0.15, 0.2) is 0 Å². The lowest BCUT2D eigenvalue weighted by atomic mass is 9.88. The molecule has 1 N–H and O–H groups in total. The zero-order chi connectivity index (χ0) is 12.6. The van der Waals surface area contributed by atoms with Gasteiger partial charge in [-0.25, -0.2) is 0 Å². The van der Waals surface area contributed by atoms with Crippen LogP contribution >= 0.6 is 0 Å². The number of hydrogen-bond donors (Lipinski definition) is 1. The fourth-order valence-corrected chi connectivity index (χ4v) is 3.47. The number of likely N-dealkylation sites (tertiary alicyclic amines) is 1. The van der Waals surface area contributed by atoms with E-state index in [9.17, 15) is 9.90 Å². The zero-order valence-corrected chi connectivity index (χ0v) is 11.3. The lowest BCUT2D eigenvalue weighted by Crippen LogP contribution is -2.55. The maximum Gasteiger partial charge on any atom is 0.323 e. The summed E-state index contributed by atoms with van der Waals surface area (Å²) in [5.41, 5.74) is -0.635. The summed E-state index contributed by atoms with van der Waals surface area (Å²) in [5, 5.41) is 9.59. The number of hydrogen-bond acceptors (Lipinski definition) is 2. The van der Waals surface area contributed by atoms with Crippen molar-refractivity contribution in [3.63, 3.8) is 0 Å². The highest BCUT2D eigenvalue weighted by Gasteiger charge is 2.49. The Labute approximate surface area is 104 Å². The summed E-state index contributed by atoms with van der Waals surface area (Å²) in [6.45, 7) is 7.26. The van der Waals surface area contributed by atoms with Crippen molar-refractivity contribution < 1.29 is 9.90 Å². The summed E-state index contributed by atoms with van der Waals surface area (Å²) in [4.78, 5) is 13.9. The fraction of sp³-hybridized carbons (Fsp3) is 0.929. The van der Waals surface area contributed by atoms with E-state index in [0.717, 1.165) is 25.3 Å². The molecule has 1 saturated carbocycles. The molecule has 0 amide bonds. The van der Waals surface area contributed by atoms with E-state index < -0.39 is 11.5 Å². The van der Waals surface area contributed by atoms with E-state index in [4.69, 9.17) is 0 Å². The Morgan fingerprint density at radius 2 is 2.18 bits per heavy atom. The molecule has 0 aromatic rings. The monoisotopic (exact) mass is 239 g/mol. The number of piperidine rings is 1. The van der Waals surface area contributed by atoms with Crippen molar-refractivity contribution in [1.29, 1.82) is 0 Å². The number of carbonyl (C=O) groups is 1. The average molecular weight is 239 g/mol. The minimum atomic E-state index is -0.635. The molecular weight excluding hydrogens is 214 g/mol. The molecule has 0 spiro atoms. The van der Waals surface area contributed by atoms with Gasteiger partial charge in [-0.05, 0) is 50.9 Å². The predicted octanol–water partition coefficient (Wildman–Crippen LogP) is 2.75. The number of rotatable bonds is 5. The van der Waals surface area contributed by atoms with Crippen molar-refractivity contribution in [2.75, 3.05) is 6.54 Å².